The second-order valence-electron chi connectivity index (χ2n) is 2.45. The molecule has 0 radical (unpaired) electrons. The second-order valence-corrected chi connectivity index (χ2v) is 2.45. The molecule has 3 nitrogen and oxygen atoms in total. The Hall–Kier alpha value is -1.09. The van der Waals surface area contributed by atoms with Gasteiger partial charge < -0.3 is 5.11 Å². The molecule has 0 fully saturated rings. The van der Waals surface area contributed by atoms with Crippen molar-refractivity contribution in [3.05, 3.63) is 29.6 Å². The molecule has 0 aliphatic heterocycles. The molecule has 3 N–H and O–H groups in total. The number of aromatic nitrogens is 1. The first kappa shape index (κ1) is 8.01. The van der Waals surface area contributed by atoms with Gasteiger partial charge in [-0.15, -0.1) is 0 Å². The number of rotatable bonds is 2. The lowest BCUT2D eigenvalue weighted by Gasteiger charge is -1.96. The summed E-state index contributed by atoms with van der Waals surface area (Å²) in [6, 6.07) is 3.80. The van der Waals surface area contributed by atoms with Gasteiger partial charge in [0.05, 0.1) is 0 Å². The first-order chi connectivity index (χ1) is 5.27. The number of aliphatic hydroxyl groups excluding tert-OH is 1. The Morgan fingerprint density at radius 1 is 1.55 bits per heavy atom. The highest BCUT2D eigenvalue weighted by molar-refractivity contribution is 5.08. The molecule has 3 heteroatoms. The highest BCUT2D eigenvalue weighted by Gasteiger charge is 2.05. The van der Waals surface area contributed by atoms with E-state index in [0.717, 1.165) is 12.1 Å². The fraction of sp³-hybridized carbons (Fsp3) is 0.375. The minimum absolute atomic E-state index is 0.0134. The summed E-state index contributed by atoms with van der Waals surface area (Å²) in [5.74, 6) is 5.56. The predicted molar refractivity (Wildman–Crippen MR) is 42.1 cm³/mol. The normalized spacial score (nSPS) is 10.0. The Balaban J connectivity index is 2.99. The van der Waals surface area contributed by atoms with E-state index in [-0.39, 0.29) is 6.61 Å². The molecule has 1 heterocycles. The molecule has 0 aromatic carbocycles. The average molecular weight is 153 g/mol. The van der Waals surface area contributed by atoms with Crippen molar-refractivity contribution in [1.82, 2.24) is 0 Å². The number of pyridine rings is 1. The zero-order chi connectivity index (χ0) is 8.27. The molecule has 0 saturated carbocycles. The minimum Gasteiger partial charge on any atom is -0.385 e. The molecule has 0 unspecified atom stereocenters. The second kappa shape index (κ2) is 3.34. The van der Waals surface area contributed by atoms with E-state index in [1.165, 1.54) is 10.2 Å². The molecule has 1 rings (SSSR count). The van der Waals surface area contributed by atoms with Gasteiger partial charge in [-0.25, -0.2) is 5.84 Å². The van der Waals surface area contributed by atoms with E-state index in [9.17, 15) is 0 Å². The maximum atomic E-state index is 8.78. The van der Waals surface area contributed by atoms with Crippen LogP contribution in [0.25, 0.3) is 0 Å². The van der Waals surface area contributed by atoms with E-state index >= 15 is 0 Å². The summed E-state index contributed by atoms with van der Waals surface area (Å²) in [4.78, 5) is 0. The summed E-state index contributed by atoms with van der Waals surface area (Å²) in [5.41, 5.74) is 1.90. The van der Waals surface area contributed by atoms with Crippen LogP contribution in [0.1, 0.15) is 18.2 Å². The van der Waals surface area contributed by atoms with Gasteiger partial charge >= 0.3 is 0 Å². The molecule has 60 valence electrons. The van der Waals surface area contributed by atoms with Gasteiger partial charge in [-0.2, -0.15) is 0 Å². The molecule has 0 atom stereocenters. The van der Waals surface area contributed by atoms with Crippen LogP contribution in [0.5, 0.6) is 0 Å². The average Bonchev–Trinajstić information content (AvgIpc) is 2.04. The van der Waals surface area contributed by atoms with E-state index in [1.807, 2.05) is 18.3 Å². The maximum absolute atomic E-state index is 8.78. The summed E-state index contributed by atoms with van der Waals surface area (Å²) < 4.78 is 1.46. The standard InChI is InChI=1S/C8H13N2O/c1-2-7-3-4-8(6-11)10(9)5-7/h3-5,11H,2,6,9H2,1H3/q+1. The summed E-state index contributed by atoms with van der Waals surface area (Å²) in [6.45, 7) is 2.05. The van der Waals surface area contributed by atoms with Gasteiger partial charge in [-0.3, -0.25) is 0 Å². The van der Waals surface area contributed by atoms with Crippen LogP contribution < -0.4 is 10.5 Å². The van der Waals surface area contributed by atoms with Gasteiger partial charge in [0.1, 0.15) is 6.61 Å². The van der Waals surface area contributed by atoms with Crippen molar-refractivity contribution in [2.45, 2.75) is 20.0 Å². The molecule has 0 spiro atoms. The van der Waals surface area contributed by atoms with Crippen LogP contribution in [0, 0.1) is 0 Å². The fourth-order valence-electron chi connectivity index (χ4n) is 0.937. The number of aliphatic hydroxyl groups is 1. The van der Waals surface area contributed by atoms with Gasteiger partial charge in [0.25, 0.3) is 0 Å². The molecule has 0 bridgehead atoms. The highest BCUT2D eigenvalue weighted by atomic mass is 16.3. The SMILES string of the molecule is CCc1ccc(CO)[n+](N)c1. The lowest BCUT2D eigenvalue weighted by molar-refractivity contribution is -0.649. The molecule has 1 aromatic rings. The van der Waals surface area contributed by atoms with Crippen molar-refractivity contribution >= 4 is 0 Å². The van der Waals surface area contributed by atoms with E-state index in [2.05, 4.69) is 6.92 Å². The lowest BCUT2D eigenvalue weighted by Crippen LogP contribution is -2.48. The molecule has 0 amide bonds. The smallest absolute Gasteiger partial charge is 0.236 e. The zero-order valence-electron chi connectivity index (χ0n) is 6.62. The molecule has 1 aromatic heterocycles. The van der Waals surface area contributed by atoms with Crippen LogP contribution in [-0.4, -0.2) is 5.11 Å². The van der Waals surface area contributed by atoms with Crippen LogP contribution in [0.4, 0.5) is 0 Å². The van der Waals surface area contributed by atoms with Gasteiger partial charge in [-0.1, -0.05) is 11.6 Å². The van der Waals surface area contributed by atoms with Crippen LogP contribution in [0.2, 0.25) is 0 Å². The number of hydrogen-bond acceptors (Lipinski definition) is 2. The van der Waals surface area contributed by atoms with Crippen LogP contribution in [0.3, 0.4) is 0 Å². The summed E-state index contributed by atoms with van der Waals surface area (Å²) >= 11 is 0. The lowest BCUT2D eigenvalue weighted by atomic mass is 10.2. The monoisotopic (exact) mass is 153 g/mol. The molecular weight excluding hydrogens is 140 g/mol. The topological polar surface area (TPSA) is 50.1 Å². The third-order valence-corrected chi connectivity index (χ3v) is 1.70. The van der Waals surface area contributed by atoms with E-state index in [1.54, 1.807) is 0 Å². The number of nitrogen functional groups attached to an aromatic ring is 1. The molecule has 0 saturated heterocycles. The molecule has 0 aliphatic carbocycles. The fourth-order valence-corrected chi connectivity index (χ4v) is 0.937. The Bertz CT molecular complexity index is 248. The Labute approximate surface area is 66.1 Å². The van der Waals surface area contributed by atoms with Crippen molar-refractivity contribution in [3.8, 4) is 0 Å². The summed E-state index contributed by atoms with van der Waals surface area (Å²) in [6.07, 6.45) is 2.79. The van der Waals surface area contributed by atoms with Gasteiger partial charge in [0.2, 0.25) is 11.9 Å². The summed E-state index contributed by atoms with van der Waals surface area (Å²) in [7, 11) is 0. The highest BCUT2D eigenvalue weighted by Crippen LogP contribution is 1.97. The zero-order valence-corrected chi connectivity index (χ0v) is 6.62. The molecule has 11 heavy (non-hydrogen) atoms. The summed E-state index contributed by atoms with van der Waals surface area (Å²) in [5, 5.41) is 8.78. The van der Waals surface area contributed by atoms with Crippen molar-refractivity contribution in [2.24, 2.45) is 0 Å². The third kappa shape index (κ3) is 1.68. The Morgan fingerprint density at radius 3 is 2.73 bits per heavy atom. The minimum atomic E-state index is -0.0134. The predicted octanol–water partition coefficient (Wildman–Crippen LogP) is -0.257. The van der Waals surface area contributed by atoms with Crippen LogP contribution in [0.15, 0.2) is 18.3 Å². The number of hydrogen-bond donors (Lipinski definition) is 2. The number of aryl methyl sites for hydroxylation is 1. The third-order valence-electron chi connectivity index (χ3n) is 1.70. The Morgan fingerprint density at radius 2 is 2.27 bits per heavy atom. The maximum Gasteiger partial charge on any atom is 0.236 e. The first-order valence-corrected chi connectivity index (χ1v) is 3.67. The van der Waals surface area contributed by atoms with Gasteiger partial charge in [-0.05, 0) is 12.5 Å². The first-order valence-electron chi connectivity index (χ1n) is 3.67. The van der Waals surface area contributed by atoms with E-state index in [4.69, 9.17) is 10.9 Å². The number of nitrogens with zero attached hydrogens (tertiary/aromatic N) is 1. The van der Waals surface area contributed by atoms with Crippen molar-refractivity contribution in [1.29, 1.82) is 0 Å². The van der Waals surface area contributed by atoms with Crippen LogP contribution >= 0.6 is 0 Å². The van der Waals surface area contributed by atoms with E-state index < -0.39 is 0 Å². The molecular formula is C8H13N2O+. The number of nitrogens with two attached hydrogens (primary N) is 1. The van der Waals surface area contributed by atoms with Crippen molar-refractivity contribution in [3.63, 3.8) is 0 Å². The van der Waals surface area contributed by atoms with Gasteiger partial charge in [0.15, 0.2) is 0 Å². The quantitative estimate of drug-likeness (QED) is 0.454. The van der Waals surface area contributed by atoms with Crippen LogP contribution in [-0.2, 0) is 13.0 Å². The van der Waals surface area contributed by atoms with Crippen molar-refractivity contribution < 1.29 is 9.78 Å². The van der Waals surface area contributed by atoms with Crippen molar-refractivity contribution in [2.75, 3.05) is 5.84 Å². The Kier molecular flexibility index (Phi) is 2.44. The van der Waals surface area contributed by atoms with Gasteiger partial charge in [0, 0.05) is 11.6 Å². The van der Waals surface area contributed by atoms with E-state index in [0.29, 0.717) is 0 Å². The molecule has 0 aliphatic rings. The largest absolute Gasteiger partial charge is 0.385 e.